The summed E-state index contributed by atoms with van der Waals surface area (Å²) in [7, 11) is 0. The van der Waals surface area contributed by atoms with Gasteiger partial charge in [0.25, 0.3) is 0 Å². The van der Waals surface area contributed by atoms with Crippen LogP contribution in [0.25, 0.3) is 99.9 Å². The summed E-state index contributed by atoms with van der Waals surface area (Å²) in [6.07, 6.45) is 2.33. The molecule has 62 heavy (non-hydrogen) atoms. The van der Waals surface area contributed by atoms with E-state index in [0.29, 0.717) is 17.5 Å². The van der Waals surface area contributed by atoms with Crippen LogP contribution in [0, 0.1) is 0 Å². The standard InChI is InChI=1S/C57H45N5/c1-56(2)30-31-57(3,4)47-35-51-45(34-46(47)56)52-42-23-12-11-16-36(42)26-29-50(52)62(51)41-22-15-19-38(32-41)54-58-53(37-17-7-5-8-18-37)59-55(60-54)39-27-28-49-44(33-39)43-24-13-14-25-48(43)61(49)40-20-9-6-10-21-40/h5-29,32-35H,30-31H2,1-4H3. The zero-order valence-electron chi connectivity index (χ0n) is 35.4. The summed E-state index contributed by atoms with van der Waals surface area (Å²) < 4.78 is 4.80. The van der Waals surface area contributed by atoms with E-state index in [-0.39, 0.29) is 10.8 Å². The maximum atomic E-state index is 5.29. The average Bonchev–Trinajstić information content (AvgIpc) is 3.83. The first-order valence-corrected chi connectivity index (χ1v) is 21.7. The van der Waals surface area contributed by atoms with Crippen LogP contribution < -0.4 is 0 Å². The van der Waals surface area contributed by atoms with Gasteiger partial charge in [0.2, 0.25) is 0 Å². The van der Waals surface area contributed by atoms with E-state index in [2.05, 4.69) is 195 Å². The van der Waals surface area contributed by atoms with Crippen molar-refractivity contribution < 1.29 is 0 Å². The lowest BCUT2D eigenvalue weighted by molar-refractivity contribution is 0.332. The third-order valence-corrected chi connectivity index (χ3v) is 13.6. The van der Waals surface area contributed by atoms with E-state index in [1.807, 2.05) is 18.2 Å². The average molecular weight is 800 g/mol. The number of nitrogens with zero attached hydrogens (tertiary/aromatic N) is 5. The topological polar surface area (TPSA) is 48.5 Å². The SMILES string of the molecule is CC1(C)CCC(C)(C)c2cc3c(cc21)c1c2ccccc2ccc1n3-c1cccc(-c2nc(-c3ccccc3)nc(-c3ccc4c(c3)c3ccccc3n4-c3ccccc3)n2)c1. The first kappa shape index (κ1) is 36.5. The first-order valence-electron chi connectivity index (χ1n) is 21.7. The largest absolute Gasteiger partial charge is 0.309 e. The molecule has 1 aliphatic carbocycles. The van der Waals surface area contributed by atoms with Crippen LogP contribution in [0.3, 0.4) is 0 Å². The van der Waals surface area contributed by atoms with Crippen molar-refractivity contribution in [3.8, 4) is 45.5 Å². The van der Waals surface area contributed by atoms with Gasteiger partial charge in [0, 0.05) is 49.6 Å². The van der Waals surface area contributed by atoms with Crippen LogP contribution in [0.2, 0.25) is 0 Å². The Labute approximate surface area is 361 Å². The third kappa shape index (κ3) is 5.65. The van der Waals surface area contributed by atoms with E-state index in [9.17, 15) is 0 Å². The lowest BCUT2D eigenvalue weighted by atomic mass is 9.63. The Morgan fingerprint density at radius 3 is 1.68 bits per heavy atom. The molecule has 0 amide bonds. The molecule has 12 rings (SSSR count). The number of rotatable bonds is 5. The second-order valence-electron chi connectivity index (χ2n) is 18.3. The van der Waals surface area contributed by atoms with Crippen molar-refractivity contribution in [3.05, 3.63) is 187 Å². The predicted octanol–water partition coefficient (Wildman–Crippen LogP) is 14.6. The summed E-state index contributed by atoms with van der Waals surface area (Å²) >= 11 is 0. The maximum absolute atomic E-state index is 5.29. The molecule has 1 aliphatic rings. The molecule has 0 spiro atoms. The van der Waals surface area contributed by atoms with E-state index in [0.717, 1.165) is 50.9 Å². The summed E-state index contributed by atoms with van der Waals surface area (Å²) in [6.45, 7) is 9.66. The van der Waals surface area contributed by atoms with E-state index >= 15 is 0 Å². The predicted molar refractivity (Wildman–Crippen MR) is 258 cm³/mol. The minimum Gasteiger partial charge on any atom is -0.309 e. The molecular weight excluding hydrogens is 755 g/mol. The summed E-state index contributed by atoms with van der Waals surface area (Å²) in [5, 5.41) is 7.45. The van der Waals surface area contributed by atoms with Crippen molar-refractivity contribution in [3.63, 3.8) is 0 Å². The monoisotopic (exact) mass is 799 g/mol. The zero-order valence-corrected chi connectivity index (χ0v) is 35.4. The molecule has 3 aromatic heterocycles. The molecule has 0 unspecified atom stereocenters. The molecule has 0 N–H and O–H groups in total. The number of hydrogen-bond acceptors (Lipinski definition) is 3. The molecular formula is C57H45N5. The third-order valence-electron chi connectivity index (χ3n) is 13.6. The van der Waals surface area contributed by atoms with Crippen molar-refractivity contribution in [2.45, 2.75) is 51.4 Å². The van der Waals surface area contributed by atoms with Crippen LogP contribution in [0.1, 0.15) is 51.7 Å². The van der Waals surface area contributed by atoms with Gasteiger partial charge in [-0.15, -0.1) is 0 Å². The minimum absolute atomic E-state index is 0.0683. The van der Waals surface area contributed by atoms with E-state index < -0.39 is 0 Å². The van der Waals surface area contributed by atoms with Crippen LogP contribution in [-0.4, -0.2) is 24.1 Å². The van der Waals surface area contributed by atoms with E-state index in [1.54, 1.807) is 0 Å². The Balaban J connectivity index is 1.07. The highest BCUT2D eigenvalue weighted by molar-refractivity contribution is 6.21. The molecule has 8 aromatic carbocycles. The van der Waals surface area contributed by atoms with Crippen molar-refractivity contribution >= 4 is 54.4 Å². The quantitative estimate of drug-likeness (QED) is 0.174. The van der Waals surface area contributed by atoms with Gasteiger partial charge in [0.05, 0.1) is 22.1 Å². The number of hydrogen-bond donors (Lipinski definition) is 0. The molecule has 11 aromatic rings. The van der Waals surface area contributed by atoms with E-state index in [4.69, 9.17) is 15.0 Å². The molecule has 0 atom stereocenters. The summed E-state index contributed by atoms with van der Waals surface area (Å²) in [4.78, 5) is 15.7. The molecule has 3 heterocycles. The number of fused-ring (bicyclic) bond motifs is 9. The fourth-order valence-corrected chi connectivity index (χ4v) is 10.2. The highest BCUT2D eigenvalue weighted by Crippen LogP contribution is 2.49. The molecule has 0 fully saturated rings. The van der Waals surface area contributed by atoms with Crippen molar-refractivity contribution in [2.75, 3.05) is 0 Å². The van der Waals surface area contributed by atoms with E-state index in [1.165, 1.54) is 55.5 Å². The van der Waals surface area contributed by atoms with Crippen LogP contribution in [0.5, 0.6) is 0 Å². The van der Waals surface area contributed by atoms with Crippen LogP contribution in [0.15, 0.2) is 176 Å². The molecule has 5 nitrogen and oxygen atoms in total. The second-order valence-corrected chi connectivity index (χ2v) is 18.3. The first-order chi connectivity index (χ1) is 30.2. The van der Waals surface area contributed by atoms with Crippen molar-refractivity contribution in [1.29, 1.82) is 0 Å². The van der Waals surface area contributed by atoms with Gasteiger partial charge in [0.1, 0.15) is 0 Å². The highest BCUT2D eigenvalue weighted by Gasteiger charge is 2.38. The Hall–Kier alpha value is -7.37. The molecule has 0 radical (unpaired) electrons. The molecule has 0 aliphatic heterocycles. The summed E-state index contributed by atoms with van der Waals surface area (Å²) in [6, 6.07) is 63.2. The molecule has 0 bridgehead atoms. The maximum Gasteiger partial charge on any atom is 0.164 e. The van der Waals surface area contributed by atoms with Gasteiger partial charge in [0.15, 0.2) is 17.5 Å². The van der Waals surface area contributed by atoms with Gasteiger partial charge >= 0.3 is 0 Å². The Morgan fingerprint density at radius 1 is 0.371 bits per heavy atom. The molecule has 0 saturated carbocycles. The van der Waals surface area contributed by atoms with Crippen LogP contribution in [0.4, 0.5) is 0 Å². The summed E-state index contributed by atoms with van der Waals surface area (Å²) in [5.41, 5.74) is 12.8. The summed E-state index contributed by atoms with van der Waals surface area (Å²) in [5.74, 6) is 1.91. The molecule has 0 saturated heterocycles. The van der Waals surface area contributed by atoms with Crippen LogP contribution in [-0.2, 0) is 10.8 Å². The van der Waals surface area contributed by atoms with Gasteiger partial charge < -0.3 is 9.13 Å². The van der Waals surface area contributed by atoms with Gasteiger partial charge in [-0.05, 0) is 112 Å². The Kier molecular flexibility index (Phi) is 7.98. The number of aromatic nitrogens is 5. The van der Waals surface area contributed by atoms with Gasteiger partial charge in [-0.3, -0.25) is 0 Å². The van der Waals surface area contributed by atoms with Gasteiger partial charge in [-0.2, -0.15) is 0 Å². The molecule has 5 heteroatoms. The lowest BCUT2D eigenvalue weighted by Gasteiger charge is -2.42. The van der Waals surface area contributed by atoms with Gasteiger partial charge in [-0.25, -0.2) is 15.0 Å². The fraction of sp³-hybridized carbons (Fsp3) is 0.140. The zero-order chi connectivity index (χ0) is 41.7. The lowest BCUT2D eigenvalue weighted by Crippen LogP contribution is -2.33. The van der Waals surface area contributed by atoms with Crippen molar-refractivity contribution in [2.24, 2.45) is 0 Å². The van der Waals surface area contributed by atoms with Crippen LogP contribution >= 0.6 is 0 Å². The fourth-order valence-electron chi connectivity index (χ4n) is 10.2. The smallest absolute Gasteiger partial charge is 0.164 e. The number of benzene rings is 8. The normalized spacial score (nSPS) is 14.6. The Bertz CT molecular complexity index is 3570. The molecule has 298 valence electrons. The highest BCUT2D eigenvalue weighted by atomic mass is 15.0. The minimum atomic E-state index is 0.0683. The van der Waals surface area contributed by atoms with Crippen molar-refractivity contribution in [1.82, 2.24) is 24.1 Å². The number of para-hydroxylation sites is 2. The van der Waals surface area contributed by atoms with Gasteiger partial charge in [-0.1, -0.05) is 137 Å². The second kappa shape index (κ2) is 13.6. The Morgan fingerprint density at radius 2 is 0.919 bits per heavy atom.